The van der Waals surface area contributed by atoms with Gasteiger partial charge >= 0.3 is 0 Å². The van der Waals surface area contributed by atoms with Crippen molar-refractivity contribution in [3.63, 3.8) is 0 Å². The van der Waals surface area contributed by atoms with Crippen LogP contribution >= 0.6 is 23.4 Å². The van der Waals surface area contributed by atoms with Gasteiger partial charge < -0.3 is 5.32 Å². The van der Waals surface area contributed by atoms with Crippen molar-refractivity contribution < 1.29 is 4.79 Å². The maximum atomic E-state index is 12.7. The Morgan fingerprint density at radius 1 is 1.22 bits per heavy atom. The highest BCUT2D eigenvalue weighted by molar-refractivity contribution is 7.99. The zero-order valence-electron chi connectivity index (χ0n) is 15.0. The molecule has 27 heavy (non-hydrogen) atoms. The summed E-state index contributed by atoms with van der Waals surface area (Å²) in [7, 11) is 0. The van der Waals surface area contributed by atoms with E-state index in [9.17, 15) is 4.79 Å². The van der Waals surface area contributed by atoms with E-state index in [2.05, 4.69) is 20.8 Å². The van der Waals surface area contributed by atoms with Crippen LogP contribution in [0.5, 0.6) is 0 Å². The topological polar surface area (TPSA) is 72.7 Å². The molecular formula is C19H22ClN5OS. The molecule has 142 valence electrons. The van der Waals surface area contributed by atoms with Crippen LogP contribution in [0.3, 0.4) is 0 Å². The first-order chi connectivity index (χ1) is 13.1. The van der Waals surface area contributed by atoms with Gasteiger partial charge in [-0.2, -0.15) is 4.68 Å². The maximum absolute atomic E-state index is 12.7. The summed E-state index contributed by atoms with van der Waals surface area (Å²) in [6.07, 6.45) is 7.61. The van der Waals surface area contributed by atoms with Crippen molar-refractivity contribution in [1.82, 2.24) is 25.5 Å². The molecule has 0 atom stereocenters. The maximum Gasteiger partial charge on any atom is 0.230 e. The minimum Gasteiger partial charge on any atom is -0.350 e. The van der Waals surface area contributed by atoms with E-state index in [0.717, 1.165) is 42.7 Å². The fourth-order valence-corrected chi connectivity index (χ4v) is 6.64. The molecule has 1 heterocycles. The molecule has 6 nitrogen and oxygen atoms in total. The van der Waals surface area contributed by atoms with Crippen molar-refractivity contribution >= 4 is 29.3 Å². The van der Waals surface area contributed by atoms with Crippen LogP contribution in [0.4, 0.5) is 0 Å². The summed E-state index contributed by atoms with van der Waals surface area (Å²) >= 11 is 7.42. The Hall–Kier alpha value is -1.60. The summed E-state index contributed by atoms with van der Waals surface area (Å²) in [6.45, 7) is 0. The second-order valence-electron chi connectivity index (χ2n) is 8.39. The van der Waals surface area contributed by atoms with Crippen LogP contribution in [-0.4, -0.2) is 37.4 Å². The molecule has 4 bridgehead atoms. The largest absolute Gasteiger partial charge is 0.350 e. The highest BCUT2D eigenvalue weighted by Crippen LogP contribution is 2.55. The molecule has 0 saturated heterocycles. The number of amides is 1. The standard InChI is InChI=1S/C19H22ClN5OS/c20-15-2-1-3-16(7-15)25-18(22-23-24-25)27-11-17(26)21-19-8-12-4-13(9-19)6-14(5-12)10-19/h1-3,7,12-14H,4-6,8-11H2,(H,21,26). The Kier molecular flexibility index (Phi) is 4.39. The van der Waals surface area contributed by atoms with E-state index >= 15 is 0 Å². The van der Waals surface area contributed by atoms with E-state index in [1.54, 1.807) is 16.8 Å². The van der Waals surface area contributed by atoms with Crippen molar-refractivity contribution in [1.29, 1.82) is 0 Å². The average Bonchev–Trinajstić information content (AvgIpc) is 3.07. The van der Waals surface area contributed by atoms with Gasteiger partial charge in [-0.15, -0.1) is 5.10 Å². The van der Waals surface area contributed by atoms with Gasteiger partial charge in [-0.05, 0) is 84.9 Å². The summed E-state index contributed by atoms with van der Waals surface area (Å²) < 4.78 is 1.62. The molecule has 4 saturated carbocycles. The van der Waals surface area contributed by atoms with Crippen LogP contribution in [0.2, 0.25) is 5.02 Å². The minimum absolute atomic E-state index is 0.0469. The first kappa shape index (κ1) is 17.5. The van der Waals surface area contributed by atoms with Crippen LogP contribution in [0.1, 0.15) is 38.5 Å². The van der Waals surface area contributed by atoms with Crippen molar-refractivity contribution in [2.45, 2.75) is 49.2 Å². The van der Waals surface area contributed by atoms with E-state index in [-0.39, 0.29) is 11.4 Å². The fraction of sp³-hybridized carbons (Fsp3) is 0.579. The van der Waals surface area contributed by atoms with E-state index in [4.69, 9.17) is 11.6 Å². The van der Waals surface area contributed by atoms with Crippen molar-refractivity contribution in [3.05, 3.63) is 29.3 Å². The van der Waals surface area contributed by atoms with E-state index in [1.807, 2.05) is 12.1 Å². The zero-order valence-corrected chi connectivity index (χ0v) is 16.5. The number of carbonyl (C=O) groups is 1. The molecule has 6 rings (SSSR count). The van der Waals surface area contributed by atoms with Gasteiger partial charge in [-0.25, -0.2) is 0 Å². The molecule has 4 aliphatic carbocycles. The molecule has 8 heteroatoms. The monoisotopic (exact) mass is 403 g/mol. The molecule has 2 aromatic rings. The van der Waals surface area contributed by atoms with Crippen LogP contribution in [0, 0.1) is 17.8 Å². The number of carbonyl (C=O) groups excluding carboxylic acids is 1. The lowest BCUT2D eigenvalue weighted by atomic mass is 9.53. The van der Waals surface area contributed by atoms with E-state index in [1.165, 1.54) is 31.0 Å². The number of halogens is 1. The minimum atomic E-state index is 0.0469. The number of hydrogen-bond acceptors (Lipinski definition) is 5. The molecule has 0 unspecified atom stereocenters. The van der Waals surface area contributed by atoms with Crippen LogP contribution in [0.25, 0.3) is 5.69 Å². The zero-order chi connectivity index (χ0) is 18.4. The summed E-state index contributed by atoms with van der Waals surface area (Å²) in [5, 5.41) is 16.5. The summed E-state index contributed by atoms with van der Waals surface area (Å²) in [5.74, 6) is 2.86. The Morgan fingerprint density at radius 2 is 1.93 bits per heavy atom. The fourth-order valence-electron chi connectivity index (χ4n) is 5.76. The van der Waals surface area contributed by atoms with Crippen LogP contribution < -0.4 is 5.32 Å². The Balaban J connectivity index is 1.24. The van der Waals surface area contributed by atoms with Crippen molar-refractivity contribution in [3.8, 4) is 5.69 Å². The van der Waals surface area contributed by atoms with Gasteiger partial charge in [0.25, 0.3) is 0 Å². The van der Waals surface area contributed by atoms with Gasteiger partial charge in [-0.1, -0.05) is 29.4 Å². The van der Waals surface area contributed by atoms with Gasteiger partial charge in [0.1, 0.15) is 0 Å². The molecule has 0 radical (unpaired) electrons. The lowest BCUT2D eigenvalue weighted by molar-refractivity contribution is -0.124. The van der Waals surface area contributed by atoms with Crippen molar-refractivity contribution in [2.75, 3.05) is 5.75 Å². The molecule has 1 N–H and O–H groups in total. The molecule has 1 aromatic carbocycles. The van der Waals surface area contributed by atoms with Crippen molar-refractivity contribution in [2.24, 2.45) is 17.8 Å². The van der Waals surface area contributed by atoms with Gasteiger partial charge in [0.2, 0.25) is 11.1 Å². The third-order valence-corrected chi connectivity index (χ3v) is 7.42. The highest BCUT2D eigenvalue weighted by Gasteiger charge is 2.51. The second-order valence-corrected chi connectivity index (χ2v) is 9.77. The van der Waals surface area contributed by atoms with Gasteiger partial charge in [0.05, 0.1) is 11.4 Å². The molecule has 4 fully saturated rings. The normalized spacial score (nSPS) is 31.2. The number of nitrogens with zero attached hydrogens (tertiary/aromatic N) is 4. The summed E-state index contributed by atoms with van der Waals surface area (Å²) in [4.78, 5) is 12.7. The Labute approximate surface area is 167 Å². The molecule has 0 spiro atoms. The predicted octanol–water partition coefficient (Wildman–Crippen LogP) is 3.49. The number of hydrogen-bond donors (Lipinski definition) is 1. The number of benzene rings is 1. The third kappa shape index (κ3) is 3.47. The summed E-state index contributed by atoms with van der Waals surface area (Å²) in [5.41, 5.74) is 0.835. The molecule has 1 aromatic heterocycles. The third-order valence-electron chi connectivity index (χ3n) is 6.27. The lowest BCUT2D eigenvalue weighted by Gasteiger charge is -2.56. The van der Waals surface area contributed by atoms with E-state index < -0.39 is 0 Å². The second kappa shape index (κ2) is 6.78. The number of tetrazole rings is 1. The van der Waals surface area contributed by atoms with Gasteiger partial charge in [-0.3, -0.25) is 4.79 Å². The Morgan fingerprint density at radius 3 is 2.59 bits per heavy atom. The highest BCUT2D eigenvalue weighted by atomic mass is 35.5. The van der Waals surface area contributed by atoms with E-state index in [0.29, 0.717) is 15.9 Å². The number of rotatable bonds is 5. The Bertz CT molecular complexity index is 834. The molecule has 0 aliphatic heterocycles. The predicted molar refractivity (Wildman–Crippen MR) is 104 cm³/mol. The summed E-state index contributed by atoms with van der Waals surface area (Å²) in [6, 6.07) is 7.36. The number of nitrogens with one attached hydrogen (secondary N) is 1. The van der Waals surface area contributed by atoms with Crippen LogP contribution in [-0.2, 0) is 4.79 Å². The van der Waals surface area contributed by atoms with Gasteiger partial charge in [0.15, 0.2) is 0 Å². The quantitative estimate of drug-likeness (QED) is 0.773. The molecular weight excluding hydrogens is 382 g/mol. The first-order valence-corrected chi connectivity index (χ1v) is 10.9. The van der Waals surface area contributed by atoms with Gasteiger partial charge in [0, 0.05) is 10.6 Å². The number of aromatic nitrogens is 4. The smallest absolute Gasteiger partial charge is 0.230 e. The SMILES string of the molecule is O=C(CSc1nnnn1-c1cccc(Cl)c1)NC12CC3CC(CC(C3)C1)C2. The number of thioether (sulfide) groups is 1. The molecule has 4 aliphatic rings. The molecule has 1 amide bonds. The first-order valence-electron chi connectivity index (χ1n) is 9.57. The lowest BCUT2D eigenvalue weighted by Crippen LogP contribution is -2.60. The van der Waals surface area contributed by atoms with Crippen LogP contribution in [0.15, 0.2) is 29.4 Å². The average molecular weight is 404 g/mol.